The van der Waals surface area contributed by atoms with Gasteiger partial charge in [-0.3, -0.25) is 0 Å². The number of hydrogen-bond donors (Lipinski definition) is 1. The van der Waals surface area contributed by atoms with Crippen LogP contribution in [0.3, 0.4) is 0 Å². The summed E-state index contributed by atoms with van der Waals surface area (Å²) in [5.74, 6) is 0.790. The van der Waals surface area contributed by atoms with Crippen LogP contribution in [0, 0.1) is 0 Å². The third-order valence-electron chi connectivity index (χ3n) is 4.73. The van der Waals surface area contributed by atoms with Gasteiger partial charge in [-0.2, -0.15) is 10.2 Å². The fourth-order valence-corrected chi connectivity index (χ4v) is 3.20. The summed E-state index contributed by atoms with van der Waals surface area (Å²) in [7, 11) is 4.01. The number of nitrogens with two attached hydrogens (primary N) is 1. The highest BCUT2D eigenvalue weighted by Gasteiger charge is 2.08. The van der Waals surface area contributed by atoms with E-state index in [1.54, 1.807) is 0 Å². The molecule has 0 unspecified atom stereocenters. The van der Waals surface area contributed by atoms with Crippen LogP contribution in [-0.4, -0.2) is 25.7 Å². The molecule has 6 heteroatoms. The third kappa shape index (κ3) is 3.82. The maximum atomic E-state index is 6.42. The number of aromatic nitrogens is 1. The Balaban J connectivity index is 1.68. The summed E-state index contributed by atoms with van der Waals surface area (Å²) in [6, 6.07) is 19.4. The largest absolute Gasteiger partial charge is 0.494 e. The molecule has 0 aliphatic heterocycles. The van der Waals surface area contributed by atoms with Crippen molar-refractivity contribution in [2.75, 3.05) is 31.3 Å². The Labute approximate surface area is 169 Å². The number of rotatable bonds is 5. The number of benzene rings is 3. The Morgan fingerprint density at radius 1 is 0.862 bits per heavy atom. The molecule has 3 aromatic carbocycles. The Hall–Kier alpha value is -3.67. The van der Waals surface area contributed by atoms with E-state index in [2.05, 4.69) is 10.2 Å². The first kappa shape index (κ1) is 18.7. The molecule has 0 atom stereocenters. The topological polar surface area (TPSA) is 76.1 Å². The summed E-state index contributed by atoms with van der Waals surface area (Å²) in [6.07, 6.45) is 0. The summed E-state index contributed by atoms with van der Waals surface area (Å²) in [6.45, 7) is 2.57. The van der Waals surface area contributed by atoms with E-state index in [0.717, 1.165) is 44.6 Å². The lowest BCUT2D eigenvalue weighted by molar-refractivity contribution is 0.341. The lowest BCUT2D eigenvalue weighted by Crippen LogP contribution is -2.07. The minimum Gasteiger partial charge on any atom is -0.494 e. The first-order valence-electron chi connectivity index (χ1n) is 9.50. The molecule has 4 rings (SSSR count). The van der Waals surface area contributed by atoms with E-state index in [9.17, 15) is 0 Å². The molecule has 146 valence electrons. The summed E-state index contributed by atoms with van der Waals surface area (Å²) in [4.78, 5) is 6.79. The van der Waals surface area contributed by atoms with Crippen molar-refractivity contribution in [3.8, 4) is 5.75 Å². The normalized spacial score (nSPS) is 11.4. The van der Waals surface area contributed by atoms with E-state index < -0.39 is 0 Å². The summed E-state index contributed by atoms with van der Waals surface area (Å²) >= 11 is 0. The molecular weight excluding hydrogens is 362 g/mol. The second kappa shape index (κ2) is 7.75. The highest BCUT2D eigenvalue weighted by atomic mass is 16.5. The van der Waals surface area contributed by atoms with Gasteiger partial charge in [-0.25, -0.2) is 4.98 Å². The molecule has 0 spiro atoms. The first-order chi connectivity index (χ1) is 14.0. The van der Waals surface area contributed by atoms with Gasteiger partial charge in [-0.1, -0.05) is 0 Å². The molecule has 6 nitrogen and oxygen atoms in total. The highest BCUT2D eigenvalue weighted by molar-refractivity contribution is 6.07. The number of anilines is 2. The van der Waals surface area contributed by atoms with Crippen molar-refractivity contribution in [1.82, 2.24) is 4.98 Å². The number of nitrogen functional groups attached to an aromatic ring is 1. The molecule has 2 N–H and O–H groups in total. The van der Waals surface area contributed by atoms with Gasteiger partial charge in [0.05, 0.1) is 34.7 Å². The maximum Gasteiger partial charge on any atom is 0.120 e. The van der Waals surface area contributed by atoms with E-state index in [1.165, 1.54) is 0 Å². The van der Waals surface area contributed by atoms with Crippen molar-refractivity contribution in [2.45, 2.75) is 6.92 Å². The van der Waals surface area contributed by atoms with E-state index in [4.69, 9.17) is 15.5 Å². The van der Waals surface area contributed by atoms with Crippen molar-refractivity contribution in [3.63, 3.8) is 0 Å². The van der Waals surface area contributed by atoms with Gasteiger partial charge in [0.2, 0.25) is 0 Å². The molecule has 29 heavy (non-hydrogen) atoms. The molecule has 0 fully saturated rings. The van der Waals surface area contributed by atoms with Crippen LogP contribution in [0.2, 0.25) is 0 Å². The minimum absolute atomic E-state index is 0.610. The van der Waals surface area contributed by atoms with Gasteiger partial charge in [0.1, 0.15) is 5.75 Å². The molecule has 0 saturated carbocycles. The number of azo groups is 1. The summed E-state index contributed by atoms with van der Waals surface area (Å²) in [5.41, 5.74) is 11.4. The van der Waals surface area contributed by atoms with Crippen LogP contribution in [0.1, 0.15) is 6.92 Å². The molecule has 0 bridgehead atoms. The zero-order valence-electron chi connectivity index (χ0n) is 16.8. The highest BCUT2D eigenvalue weighted by Crippen LogP contribution is 2.33. The number of fused-ring (bicyclic) bond motifs is 2. The predicted octanol–water partition coefficient (Wildman–Crippen LogP) is 5.85. The monoisotopic (exact) mass is 385 g/mol. The first-order valence-corrected chi connectivity index (χ1v) is 9.50. The Morgan fingerprint density at radius 2 is 1.59 bits per heavy atom. The van der Waals surface area contributed by atoms with Crippen LogP contribution in [0.4, 0.5) is 22.7 Å². The molecule has 0 saturated heterocycles. The number of ether oxygens (including phenoxy) is 1. The molecule has 0 aliphatic rings. The molecule has 1 aromatic heterocycles. The van der Waals surface area contributed by atoms with Crippen LogP contribution in [0.5, 0.6) is 5.75 Å². The fourth-order valence-electron chi connectivity index (χ4n) is 3.20. The number of hydrogen-bond acceptors (Lipinski definition) is 6. The maximum absolute atomic E-state index is 6.42. The SMILES string of the molecule is CCOc1ccc2nc3cc(/N=N/c4ccc(N(C)C)cc4)ccc3c(N)c2c1. The van der Waals surface area contributed by atoms with Crippen LogP contribution >= 0.6 is 0 Å². The average molecular weight is 385 g/mol. The number of nitrogens with zero attached hydrogens (tertiary/aromatic N) is 4. The van der Waals surface area contributed by atoms with Crippen molar-refractivity contribution >= 4 is 44.6 Å². The standard InChI is InChI=1S/C23H23N5O/c1-4-29-18-10-12-21-20(14-18)23(24)19-11-7-16(13-22(19)25-21)27-26-15-5-8-17(9-6-15)28(2)3/h5-14H,4H2,1-3H3,(H2,24,25)/b27-26+. The second-order valence-electron chi connectivity index (χ2n) is 6.95. The number of pyridine rings is 1. The van der Waals surface area contributed by atoms with E-state index in [0.29, 0.717) is 12.3 Å². The Bertz CT molecular complexity index is 1200. The second-order valence-corrected chi connectivity index (χ2v) is 6.95. The molecule has 0 amide bonds. The van der Waals surface area contributed by atoms with Gasteiger partial charge in [-0.15, -0.1) is 0 Å². The molecule has 1 heterocycles. The van der Waals surface area contributed by atoms with Gasteiger partial charge in [0.15, 0.2) is 0 Å². The quantitative estimate of drug-likeness (QED) is 0.345. The Kier molecular flexibility index (Phi) is 4.99. The van der Waals surface area contributed by atoms with Crippen molar-refractivity contribution in [3.05, 3.63) is 60.7 Å². The fraction of sp³-hybridized carbons (Fsp3) is 0.174. The molecule has 0 aliphatic carbocycles. The van der Waals surface area contributed by atoms with Crippen LogP contribution in [0.15, 0.2) is 70.9 Å². The van der Waals surface area contributed by atoms with Crippen LogP contribution in [-0.2, 0) is 0 Å². The van der Waals surface area contributed by atoms with Gasteiger partial charge < -0.3 is 15.4 Å². The van der Waals surface area contributed by atoms with Crippen LogP contribution in [0.25, 0.3) is 21.8 Å². The zero-order valence-corrected chi connectivity index (χ0v) is 16.8. The smallest absolute Gasteiger partial charge is 0.120 e. The van der Waals surface area contributed by atoms with Crippen molar-refractivity contribution < 1.29 is 4.74 Å². The average Bonchev–Trinajstić information content (AvgIpc) is 2.73. The van der Waals surface area contributed by atoms with E-state index in [-0.39, 0.29) is 0 Å². The van der Waals surface area contributed by atoms with Crippen molar-refractivity contribution in [2.24, 2.45) is 10.2 Å². The van der Waals surface area contributed by atoms with E-state index in [1.807, 2.05) is 86.6 Å². The van der Waals surface area contributed by atoms with Crippen LogP contribution < -0.4 is 15.4 Å². The zero-order chi connectivity index (χ0) is 20.4. The van der Waals surface area contributed by atoms with Gasteiger partial charge in [0.25, 0.3) is 0 Å². The molecular formula is C23H23N5O. The molecule has 4 aromatic rings. The summed E-state index contributed by atoms with van der Waals surface area (Å²) in [5, 5.41) is 10.5. The third-order valence-corrected chi connectivity index (χ3v) is 4.73. The predicted molar refractivity (Wildman–Crippen MR) is 120 cm³/mol. The van der Waals surface area contributed by atoms with Crippen molar-refractivity contribution in [1.29, 1.82) is 0 Å². The lowest BCUT2D eigenvalue weighted by Gasteiger charge is -2.11. The molecule has 0 radical (unpaired) electrons. The lowest BCUT2D eigenvalue weighted by atomic mass is 10.1. The minimum atomic E-state index is 0.610. The Morgan fingerprint density at radius 3 is 2.31 bits per heavy atom. The summed E-state index contributed by atoms with van der Waals surface area (Å²) < 4.78 is 5.58. The van der Waals surface area contributed by atoms with E-state index >= 15 is 0 Å². The van der Waals surface area contributed by atoms with Gasteiger partial charge in [-0.05, 0) is 67.6 Å². The van der Waals surface area contributed by atoms with Gasteiger partial charge >= 0.3 is 0 Å². The van der Waals surface area contributed by atoms with Gasteiger partial charge in [0, 0.05) is 30.6 Å².